The second-order valence-corrected chi connectivity index (χ2v) is 6.68. The Kier molecular flexibility index (Phi) is 7.28. The average Bonchev–Trinajstić information content (AvgIpc) is 2.51. The lowest BCUT2D eigenvalue weighted by atomic mass is 9.99. The number of aromatic nitrogens is 1. The van der Waals surface area contributed by atoms with E-state index < -0.39 is 28.8 Å². The molecule has 0 radical (unpaired) electrons. The highest BCUT2D eigenvalue weighted by molar-refractivity contribution is 5.67. The van der Waals surface area contributed by atoms with Gasteiger partial charge in [0.25, 0.3) is 5.88 Å². The van der Waals surface area contributed by atoms with E-state index in [1.54, 1.807) is 20.8 Å². The van der Waals surface area contributed by atoms with Crippen molar-refractivity contribution >= 4 is 11.8 Å². The van der Waals surface area contributed by atoms with Gasteiger partial charge in [0.15, 0.2) is 0 Å². The molecule has 1 aromatic rings. The van der Waals surface area contributed by atoms with Crippen molar-refractivity contribution in [2.75, 3.05) is 13.7 Å². The van der Waals surface area contributed by atoms with Crippen LogP contribution in [0.5, 0.6) is 5.88 Å². The smallest absolute Gasteiger partial charge is 0.407 e. The summed E-state index contributed by atoms with van der Waals surface area (Å²) >= 11 is 0. The van der Waals surface area contributed by atoms with E-state index >= 15 is 0 Å². The second kappa shape index (κ2) is 8.77. The predicted octanol–water partition coefficient (Wildman–Crippen LogP) is 1.62. The lowest BCUT2D eigenvalue weighted by Crippen LogP contribution is -2.34. The molecular formula is C16H25N3O7. The minimum Gasteiger partial charge on any atom is -0.476 e. The Bertz CT molecular complexity index is 658. The topological polar surface area (TPSA) is 144 Å². The fourth-order valence-electron chi connectivity index (χ4n) is 2.25. The predicted molar refractivity (Wildman–Crippen MR) is 92.0 cm³/mol. The molecule has 1 heterocycles. The Morgan fingerprint density at radius 3 is 2.54 bits per heavy atom. The number of carbonyl (C=O) groups excluding carboxylic acids is 1. The van der Waals surface area contributed by atoms with E-state index in [1.165, 1.54) is 20.2 Å². The highest BCUT2D eigenvalue weighted by Gasteiger charge is 2.28. The SMILES string of the molecule is COc1ncc(C(O)C(O)CCNC(=O)OC(C)(C)C)c(C)c1[N+](=O)[O-]. The molecule has 146 valence electrons. The molecular weight excluding hydrogens is 346 g/mol. The first-order valence-corrected chi connectivity index (χ1v) is 7.98. The molecule has 1 aromatic heterocycles. The van der Waals surface area contributed by atoms with Gasteiger partial charge in [-0.05, 0) is 34.1 Å². The molecule has 0 fully saturated rings. The molecule has 0 spiro atoms. The third-order valence-corrected chi connectivity index (χ3v) is 3.48. The minimum atomic E-state index is -1.41. The van der Waals surface area contributed by atoms with Crippen LogP contribution in [-0.4, -0.2) is 51.6 Å². The van der Waals surface area contributed by atoms with Gasteiger partial charge in [-0.1, -0.05) is 0 Å². The fourth-order valence-corrected chi connectivity index (χ4v) is 2.25. The van der Waals surface area contributed by atoms with Gasteiger partial charge >= 0.3 is 11.8 Å². The summed E-state index contributed by atoms with van der Waals surface area (Å²) in [5.41, 5.74) is -0.758. The number of rotatable bonds is 7. The van der Waals surface area contributed by atoms with Crippen molar-refractivity contribution in [1.82, 2.24) is 10.3 Å². The molecule has 0 aliphatic carbocycles. The van der Waals surface area contributed by atoms with Crippen molar-refractivity contribution in [1.29, 1.82) is 0 Å². The van der Waals surface area contributed by atoms with E-state index in [0.29, 0.717) is 0 Å². The summed E-state index contributed by atoms with van der Waals surface area (Å²) in [4.78, 5) is 25.9. The number of nitrogens with zero attached hydrogens (tertiary/aromatic N) is 2. The second-order valence-electron chi connectivity index (χ2n) is 6.68. The number of nitrogens with one attached hydrogen (secondary N) is 1. The number of hydrogen-bond acceptors (Lipinski definition) is 8. The number of aliphatic hydroxyl groups is 2. The lowest BCUT2D eigenvalue weighted by Gasteiger charge is -2.22. The minimum absolute atomic E-state index is 0.0136. The summed E-state index contributed by atoms with van der Waals surface area (Å²) in [6, 6.07) is 0. The molecule has 1 rings (SSSR count). The van der Waals surface area contributed by atoms with Crippen LogP contribution in [0.2, 0.25) is 0 Å². The van der Waals surface area contributed by atoms with E-state index in [1.807, 2.05) is 0 Å². The Labute approximate surface area is 151 Å². The fraction of sp³-hybridized carbons (Fsp3) is 0.625. The maximum absolute atomic E-state index is 11.5. The molecule has 10 heteroatoms. The van der Waals surface area contributed by atoms with Gasteiger partial charge in [0, 0.05) is 23.9 Å². The third kappa shape index (κ3) is 5.81. The van der Waals surface area contributed by atoms with Gasteiger partial charge in [0.1, 0.15) is 11.7 Å². The molecule has 0 bridgehead atoms. The summed E-state index contributed by atoms with van der Waals surface area (Å²) in [5, 5.41) is 34.1. The van der Waals surface area contributed by atoms with Crippen molar-refractivity contribution < 1.29 is 29.4 Å². The van der Waals surface area contributed by atoms with Crippen LogP contribution in [0.15, 0.2) is 6.20 Å². The van der Waals surface area contributed by atoms with Crippen LogP contribution in [-0.2, 0) is 4.74 Å². The van der Waals surface area contributed by atoms with Gasteiger partial charge < -0.3 is 25.0 Å². The summed E-state index contributed by atoms with van der Waals surface area (Å²) in [6.45, 7) is 6.65. The summed E-state index contributed by atoms with van der Waals surface area (Å²) in [6.07, 6.45) is -2.08. The Morgan fingerprint density at radius 2 is 2.04 bits per heavy atom. The number of alkyl carbamates (subject to hydrolysis) is 1. The standard InChI is InChI=1S/C16H25N3O7/c1-9-10(8-18-14(25-5)12(9)19(23)24)13(21)11(20)6-7-17-15(22)26-16(2,3)4/h8,11,13,20-21H,6-7H2,1-5H3,(H,17,22). The zero-order valence-corrected chi connectivity index (χ0v) is 15.5. The largest absolute Gasteiger partial charge is 0.476 e. The quantitative estimate of drug-likeness (QED) is 0.484. The van der Waals surface area contributed by atoms with Crippen molar-refractivity contribution in [2.24, 2.45) is 0 Å². The Balaban J connectivity index is 2.77. The third-order valence-electron chi connectivity index (χ3n) is 3.48. The van der Waals surface area contributed by atoms with Crippen molar-refractivity contribution in [3.63, 3.8) is 0 Å². The zero-order valence-electron chi connectivity index (χ0n) is 15.5. The van der Waals surface area contributed by atoms with E-state index in [-0.39, 0.29) is 35.7 Å². The number of ether oxygens (including phenoxy) is 2. The maximum atomic E-state index is 11.5. The monoisotopic (exact) mass is 371 g/mol. The summed E-state index contributed by atoms with van der Waals surface area (Å²) in [5.74, 6) is -0.176. The number of aliphatic hydroxyl groups excluding tert-OH is 2. The summed E-state index contributed by atoms with van der Waals surface area (Å²) < 4.78 is 9.91. The van der Waals surface area contributed by atoms with E-state index in [2.05, 4.69) is 10.3 Å². The molecule has 0 aromatic carbocycles. The lowest BCUT2D eigenvalue weighted by molar-refractivity contribution is -0.386. The number of carbonyl (C=O) groups is 1. The van der Waals surface area contributed by atoms with Crippen LogP contribution in [0.25, 0.3) is 0 Å². The Morgan fingerprint density at radius 1 is 1.42 bits per heavy atom. The van der Waals surface area contributed by atoms with Gasteiger partial charge in [-0.25, -0.2) is 9.78 Å². The first-order chi connectivity index (χ1) is 12.0. The summed E-state index contributed by atoms with van der Waals surface area (Å²) in [7, 11) is 1.25. The number of methoxy groups -OCH3 is 1. The van der Waals surface area contributed by atoms with Gasteiger partial charge in [-0.2, -0.15) is 0 Å². The van der Waals surface area contributed by atoms with Crippen molar-refractivity contribution in [3.05, 3.63) is 27.4 Å². The van der Waals surface area contributed by atoms with Crippen molar-refractivity contribution in [2.45, 2.75) is 51.9 Å². The molecule has 10 nitrogen and oxygen atoms in total. The van der Waals surface area contributed by atoms with Crippen LogP contribution in [0.3, 0.4) is 0 Å². The molecule has 26 heavy (non-hydrogen) atoms. The molecule has 0 aliphatic rings. The molecule has 2 atom stereocenters. The van der Waals surface area contributed by atoms with E-state index in [0.717, 1.165) is 0 Å². The average molecular weight is 371 g/mol. The molecule has 0 saturated carbocycles. The number of hydrogen-bond donors (Lipinski definition) is 3. The van der Waals surface area contributed by atoms with Crippen LogP contribution < -0.4 is 10.1 Å². The van der Waals surface area contributed by atoms with Gasteiger partial charge in [-0.3, -0.25) is 10.1 Å². The highest BCUT2D eigenvalue weighted by Crippen LogP contribution is 2.34. The van der Waals surface area contributed by atoms with Gasteiger partial charge in [0.05, 0.1) is 18.1 Å². The van der Waals surface area contributed by atoms with Crippen LogP contribution >= 0.6 is 0 Å². The first-order valence-electron chi connectivity index (χ1n) is 7.98. The normalized spacial score (nSPS) is 13.7. The molecule has 2 unspecified atom stereocenters. The first kappa shape index (κ1) is 21.6. The Hall–Kier alpha value is -2.46. The number of amides is 1. The van der Waals surface area contributed by atoms with Gasteiger partial charge in [0.2, 0.25) is 0 Å². The van der Waals surface area contributed by atoms with Crippen molar-refractivity contribution in [3.8, 4) is 5.88 Å². The molecule has 1 amide bonds. The van der Waals surface area contributed by atoms with Crippen LogP contribution in [0.1, 0.15) is 44.4 Å². The van der Waals surface area contributed by atoms with E-state index in [9.17, 15) is 25.1 Å². The highest BCUT2D eigenvalue weighted by atomic mass is 16.6. The number of pyridine rings is 1. The number of nitro groups is 1. The van der Waals surface area contributed by atoms with Gasteiger partial charge in [-0.15, -0.1) is 0 Å². The molecule has 0 aliphatic heterocycles. The van der Waals surface area contributed by atoms with Crippen LogP contribution in [0, 0.1) is 17.0 Å². The zero-order chi connectivity index (χ0) is 20.1. The van der Waals surface area contributed by atoms with Crippen LogP contribution in [0.4, 0.5) is 10.5 Å². The maximum Gasteiger partial charge on any atom is 0.407 e. The molecule has 0 saturated heterocycles. The molecule has 3 N–H and O–H groups in total. The van der Waals surface area contributed by atoms with E-state index in [4.69, 9.17) is 9.47 Å².